The summed E-state index contributed by atoms with van der Waals surface area (Å²) in [5.41, 5.74) is 13.8. The lowest BCUT2D eigenvalue weighted by Crippen LogP contribution is -2.21. The summed E-state index contributed by atoms with van der Waals surface area (Å²) in [5, 5.41) is 4.57. The fourth-order valence-electron chi connectivity index (χ4n) is 2.85. The molecule has 1 aliphatic heterocycles. The Labute approximate surface area is 148 Å². The molecular formula is C20H23N3O2. The zero-order valence-corrected chi connectivity index (χ0v) is 14.7. The number of nitrogens with one attached hydrogen (secondary N) is 1. The highest BCUT2D eigenvalue weighted by molar-refractivity contribution is 6.12. The fourth-order valence-corrected chi connectivity index (χ4v) is 2.85. The SMILES string of the molecule is COc1cc2c(cc1OC)C(/C=C/c1ccc(N)cc1)=NNC(C)C2. The molecule has 0 amide bonds. The van der Waals surface area contributed by atoms with E-state index in [4.69, 9.17) is 15.2 Å². The van der Waals surface area contributed by atoms with E-state index in [1.54, 1.807) is 14.2 Å². The Balaban J connectivity index is 2.01. The maximum atomic E-state index is 5.74. The minimum absolute atomic E-state index is 0.235. The average molecular weight is 337 g/mol. The van der Waals surface area contributed by atoms with Crippen molar-refractivity contribution in [2.24, 2.45) is 5.10 Å². The van der Waals surface area contributed by atoms with Crippen LogP contribution in [0.5, 0.6) is 11.5 Å². The molecule has 0 fully saturated rings. The lowest BCUT2D eigenvalue weighted by atomic mass is 9.97. The predicted octanol–water partition coefficient (Wildman–Crippen LogP) is 3.24. The van der Waals surface area contributed by atoms with E-state index < -0.39 is 0 Å². The van der Waals surface area contributed by atoms with Gasteiger partial charge < -0.3 is 20.6 Å². The van der Waals surface area contributed by atoms with Crippen molar-refractivity contribution in [2.75, 3.05) is 20.0 Å². The second-order valence-electron chi connectivity index (χ2n) is 6.10. The van der Waals surface area contributed by atoms with Crippen LogP contribution in [0.15, 0.2) is 47.6 Å². The molecule has 0 aliphatic carbocycles. The van der Waals surface area contributed by atoms with Gasteiger partial charge in [-0.1, -0.05) is 18.2 Å². The second-order valence-corrected chi connectivity index (χ2v) is 6.10. The number of ether oxygens (including phenoxy) is 2. The first kappa shape index (κ1) is 16.9. The highest BCUT2D eigenvalue weighted by Crippen LogP contribution is 2.32. The molecular weight excluding hydrogens is 314 g/mol. The number of anilines is 1. The van der Waals surface area contributed by atoms with Crippen LogP contribution in [0, 0.1) is 0 Å². The van der Waals surface area contributed by atoms with E-state index in [1.165, 1.54) is 5.56 Å². The van der Waals surface area contributed by atoms with E-state index in [0.717, 1.165) is 34.7 Å². The van der Waals surface area contributed by atoms with E-state index in [2.05, 4.69) is 17.5 Å². The van der Waals surface area contributed by atoms with Crippen LogP contribution >= 0.6 is 0 Å². The lowest BCUT2D eigenvalue weighted by molar-refractivity contribution is 0.354. The Morgan fingerprint density at radius 1 is 1.08 bits per heavy atom. The molecule has 3 rings (SSSR count). The number of benzene rings is 2. The Bertz CT molecular complexity index is 810. The van der Waals surface area contributed by atoms with E-state index in [9.17, 15) is 0 Å². The molecule has 5 nitrogen and oxygen atoms in total. The van der Waals surface area contributed by atoms with Gasteiger partial charge in [-0.15, -0.1) is 0 Å². The summed E-state index contributed by atoms with van der Waals surface area (Å²) in [6.45, 7) is 2.11. The van der Waals surface area contributed by atoms with Crippen molar-refractivity contribution in [3.8, 4) is 11.5 Å². The smallest absolute Gasteiger partial charge is 0.161 e. The van der Waals surface area contributed by atoms with Crippen molar-refractivity contribution in [1.29, 1.82) is 0 Å². The standard InChI is InChI=1S/C20H23N3O2/c1-13-10-15-11-19(24-2)20(25-3)12-17(15)18(23-22-13)9-6-14-4-7-16(21)8-5-14/h4-9,11-13,22H,10,21H2,1-3H3/b9-6+. The number of fused-ring (bicyclic) bond motifs is 1. The molecule has 1 aliphatic rings. The third-order valence-electron chi connectivity index (χ3n) is 4.19. The minimum atomic E-state index is 0.235. The van der Waals surface area contributed by atoms with Crippen molar-refractivity contribution in [2.45, 2.75) is 19.4 Å². The first-order chi connectivity index (χ1) is 12.1. The van der Waals surface area contributed by atoms with Gasteiger partial charge in [0.05, 0.1) is 19.9 Å². The summed E-state index contributed by atoms with van der Waals surface area (Å²) in [5.74, 6) is 1.43. The highest BCUT2D eigenvalue weighted by atomic mass is 16.5. The monoisotopic (exact) mass is 337 g/mol. The van der Waals surface area contributed by atoms with Crippen LogP contribution in [-0.4, -0.2) is 26.0 Å². The van der Waals surface area contributed by atoms with Gasteiger partial charge in [0.1, 0.15) is 0 Å². The molecule has 0 radical (unpaired) electrons. The van der Waals surface area contributed by atoms with E-state index in [-0.39, 0.29) is 6.04 Å². The number of rotatable bonds is 4. The van der Waals surface area contributed by atoms with Crippen molar-refractivity contribution >= 4 is 17.5 Å². The molecule has 0 saturated heterocycles. The van der Waals surface area contributed by atoms with Crippen molar-refractivity contribution in [3.05, 3.63) is 59.2 Å². The zero-order chi connectivity index (χ0) is 17.8. The quantitative estimate of drug-likeness (QED) is 0.841. The molecule has 2 aromatic rings. The Morgan fingerprint density at radius 2 is 1.76 bits per heavy atom. The third-order valence-corrected chi connectivity index (χ3v) is 4.19. The number of nitrogens with zero attached hydrogens (tertiary/aromatic N) is 1. The number of methoxy groups -OCH3 is 2. The lowest BCUT2D eigenvalue weighted by Gasteiger charge is -2.14. The molecule has 1 atom stereocenters. The Hall–Kier alpha value is -2.95. The summed E-state index contributed by atoms with van der Waals surface area (Å²) in [6, 6.07) is 12.0. The van der Waals surface area contributed by atoms with Gasteiger partial charge in [0.25, 0.3) is 0 Å². The maximum absolute atomic E-state index is 5.74. The van der Waals surface area contributed by atoms with Gasteiger partial charge in [0.15, 0.2) is 11.5 Å². The predicted molar refractivity (Wildman–Crippen MR) is 102 cm³/mol. The molecule has 5 heteroatoms. The molecule has 130 valence electrons. The largest absolute Gasteiger partial charge is 0.493 e. The van der Waals surface area contributed by atoms with E-state index in [1.807, 2.05) is 48.6 Å². The molecule has 0 bridgehead atoms. The fraction of sp³-hybridized carbons (Fsp3) is 0.250. The summed E-state index contributed by atoms with van der Waals surface area (Å²) >= 11 is 0. The van der Waals surface area contributed by atoms with Gasteiger partial charge in [-0.25, -0.2) is 0 Å². The zero-order valence-electron chi connectivity index (χ0n) is 14.7. The normalized spacial score (nSPS) is 16.6. The summed E-state index contributed by atoms with van der Waals surface area (Å²) in [6.07, 6.45) is 4.89. The molecule has 0 aromatic heterocycles. The van der Waals surface area contributed by atoms with Gasteiger partial charge in [-0.2, -0.15) is 5.10 Å². The number of nitrogen functional groups attached to an aromatic ring is 1. The van der Waals surface area contributed by atoms with E-state index >= 15 is 0 Å². The first-order valence-electron chi connectivity index (χ1n) is 8.23. The van der Waals surface area contributed by atoms with Gasteiger partial charge in [0.2, 0.25) is 0 Å². The summed E-state index contributed by atoms with van der Waals surface area (Å²) in [7, 11) is 3.29. The molecule has 1 unspecified atom stereocenters. The van der Waals surface area contributed by atoms with Crippen LogP contribution in [0.2, 0.25) is 0 Å². The molecule has 1 heterocycles. The van der Waals surface area contributed by atoms with Crippen molar-refractivity contribution < 1.29 is 9.47 Å². The first-order valence-corrected chi connectivity index (χ1v) is 8.23. The second kappa shape index (κ2) is 7.30. The number of hydrogen-bond donors (Lipinski definition) is 2. The van der Waals surface area contributed by atoms with Crippen LogP contribution in [-0.2, 0) is 6.42 Å². The minimum Gasteiger partial charge on any atom is -0.493 e. The van der Waals surface area contributed by atoms with Crippen LogP contribution in [0.3, 0.4) is 0 Å². The van der Waals surface area contributed by atoms with Crippen LogP contribution in [0.25, 0.3) is 6.08 Å². The van der Waals surface area contributed by atoms with Gasteiger partial charge >= 0.3 is 0 Å². The molecule has 2 aromatic carbocycles. The van der Waals surface area contributed by atoms with E-state index in [0.29, 0.717) is 5.75 Å². The molecule has 25 heavy (non-hydrogen) atoms. The average Bonchev–Trinajstić information content (AvgIpc) is 2.78. The maximum Gasteiger partial charge on any atom is 0.161 e. The summed E-state index contributed by atoms with van der Waals surface area (Å²) < 4.78 is 10.9. The number of hydrogen-bond acceptors (Lipinski definition) is 5. The van der Waals surface area contributed by atoms with Crippen LogP contribution < -0.4 is 20.6 Å². The Morgan fingerprint density at radius 3 is 2.44 bits per heavy atom. The van der Waals surface area contributed by atoms with Gasteiger partial charge in [-0.3, -0.25) is 0 Å². The van der Waals surface area contributed by atoms with Crippen molar-refractivity contribution in [1.82, 2.24) is 5.43 Å². The molecule has 0 spiro atoms. The highest BCUT2D eigenvalue weighted by Gasteiger charge is 2.19. The molecule has 3 N–H and O–H groups in total. The topological polar surface area (TPSA) is 68.9 Å². The van der Waals surface area contributed by atoms with Crippen molar-refractivity contribution in [3.63, 3.8) is 0 Å². The van der Waals surface area contributed by atoms with Gasteiger partial charge in [0, 0.05) is 17.3 Å². The molecule has 0 saturated carbocycles. The third kappa shape index (κ3) is 3.76. The number of nitrogens with two attached hydrogens (primary N) is 1. The summed E-state index contributed by atoms with van der Waals surface area (Å²) in [4.78, 5) is 0. The van der Waals surface area contributed by atoms with Gasteiger partial charge in [-0.05, 0) is 54.8 Å². The number of hydrazone groups is 1. The Kier molecular flexibility index (Phi) is 4.93. The number of allylic oxidation sites excluding steroid dienone is 1. The van der Waals surface area contributed by atoms with Crippen LogP contribution in [0.1, 0.15) is 23.6 Å². The van der Waals surface area contributed by atoms with Crippen LogP contribution in [0.4, 0.5) is 5.69 Å².